The van der Waals surface area contributed by atoms with E-state index in [0.717, 1.165) is 41.6 Å². The van der Waals surface area contributed by atoms with Crippen LogP contribution in [-0.4, -0.2) is 32.5 Å². The third-order valence-electron chi connectivity index (χ3n) is 4.96. The van der Waals surface area contributed by atoms with Gasteiger partial charge < -0.3 is 10.6 Å². The number of pyridine rings is 1. The van der Waals surface area contributed by atoms with Crippen LogP contribution in [0, 0.1) is 6.92 Å². The van der Waals surface area contributed by atoms with E-state index in [-0.39, 0.29) is 11.9 Å². The molecule has 1 fully saturated rings. The molecule has 3 N–H and O–H groups in total. The number of fused-ring (bicyclic) bond motifs is 1. The zero-order valence-corrected chi connectivity index (χ0v) is 14.2. The average Bonchev–Trinajstić information content (AvgIpc) is 3.28. The Hall–Kier alpha value is -2.73. The minimum absolute atomic E-state index is 0.0281. The molecule has 0 spiro atoms. The molecule has 4 rings (SSSR count). The zero-order chi connectivity index (χ0) is 17.4. The lowest BCUT2D eigenvalue weighted by molar-refractivity contribution is 0.0735. The van der Waals surface area contributed by atoms with E-state index in [4.69, 9.17) is 5.73 Å². The Morgan fingerprint density at radius 1 is 1.36 bits per heavy atom. The van der Waals surface area contributed by atoms with Crippen LogP contribution in [0.1, 0.15) is 46.1 Å². The predicted molar refractivity (Wildman–Crippen MR) is 96.0 cm³/mol. The summed E-state index contributed by atoms with van der Waals surface area (Å²) in [6.07, 6.45) is 3.61. The molecule has 0 radical (unpaired) electrons. The van der Waals surface area contributed by atoms with Crippen LogP contribution >= 0.6 is 0 Å². The van der Waals surface area contributed by atoms with Crippen molar-refractivity contribution in [2.24, 2.45) is 5.73 Å². The number of aromatic nitrogens is 3. The number of aryl methyl sites for hydroxylation is 1. The number of benzene rings is 1. The highest BCUT2D eigenvalue weighted by Gasteiger charge is 2.30. The van der Waals surface area contributed by atoms with Crippen molar-refractivity contribution in [1.29, 1.82) is 0 Å². The first kappa shape index (κ1) is 15.8. The van der Waals surface area contributed by atoms with E-state index >= 15 is 0 Å². The molecule has 6 nitrogen and oxygen atoms in total. The first-order valence-corrected chi connectivity index (χ1v) is 8.58. The quantitative estimate of drug-likeness (QED) is 0.770. The molecule has 6 heteroatoms. The molecule has 3 heterocycles. The fourth-order valence-electron chi connectivity index (χ4n) is 3.53. The number of likely N-dealkylation sites (tertiary alicyclic amines) is 1. The molecule has 0 aliphatic carbocycles. The summed E-state index contributed by atoms with van der Waals surface area (Å²) in [7, 11) is 0. The van der Waals surface area contributed by atoms with Crippen molar-refractivity contribution >= 4 is 16.9 Å². The summed E-state index contributed by atoms with van der Waals surface area (Å²) >= 11 is 0. The molecule has 1 aliphatic heterocycles. The van der Waals surface area contributed by atoms with Crippen molar-refractivity contribution in [3.8, 4) is 0 Å². The van der Waals surface area contributed by atoms with Gasteiger partial charge in [-0.25, -0.2) is 4.98 Å². The van der Waals surface area contributed by atoms with E-state index in [9.17, 15) is 4.79 Å². The number of hydrogen-bond acceptors (Lipinski definition) is 4. The van der Waals surface area contributed by atoms with Crippen molar-refractivity contribution in [3.05, 3.63) is 58.9 Å². The summed E-state index contributed by atoms with van der Waals surface area (Å²) in [4.78, 5) is 19.3. The number of carbonyl (C=O) groups is 1. The average molecular weight is 335 g/mol. The lowest BCUT2D eigenvalue weighted by Crippen LogP contribution is -2.30. The lowest BCUT2D eigenvalue weighted by Gasteiger charge is -2.25. The molecular formula is C19H21N5O. The van der Waals surface area contributed by atoms with Crippen molar-refractivity contribution in [3.63, 3.8) is 0 Å². The number of amides is 1. The fraction of sp³-hybridized carbons (Fsp3) is 0.316. The maximum atomic E-state index is 13.1. The topological polar surface area (TPSA) is 87.9 Å². The van der Waals surface area contributed by atoms with Crippen LogP contribution in [0.5, 0.6) is 0 Å². The van der Waals surface area contributed by atoms with E-state index in [2.05, 4.69) is 27.3 Å². The second kappa shape index (κ2) is 6.29. The van der Waals surface area contributed by atoms with Crippen LogP contribution in [0.3, 0.4) is 0 Å². The first-order valence-electron chi connectivity index (χ1n) is 8.58. The summed E-state index contributed by atoms with van der Waals surface area (Å²) in [5, 5.41) is 7.93. The standard InChI is InChI=1S/C19H21N5O/c1-12-16-9-15(11-21-18(16)23-22-12)19(25)24-8-2-3-17(24)14-6-4-13(10-20)5-7-14/h4-7,9,11,17H,2-3,8,10,20H2,1H3,(H,21,22,23). The summed E-state index contributed by atoms with van der Waals surface area (Å²) in [5.74, 6) is 0.0281. The van der Waals surface area contributed by atoms with E-state index in [0.29, 0.717) is 17.8 Å². The Bertz CT molecular complexity index is 915. The van der Waals surface area contributed by atoms with Gasteiger partial charge in [-0.1, -0.05) is 24.3 Å². The Morgan fingerprint density at radius 3 is 2.92 bits per heavy atom. The molecule has 0 bridgehead atoms. The Morgan fingerprint density at radius 2 is 2.16 bits per heavy atom. The van der Waals surface area contributed by atoms with Crippen LogP contribution in [0.15, 0.2) is 36.5 Å². The highest BCUT2D eigenvalue weighted by molar-refractivity contribution is 5.97. The molecule has 1 atom stereocenters. The van der Waals surface area contributed by atoms with Crippen molar-refractivity contribution in [1.82, 2.24) is 20.1 Å². The number of nitrogens with one attached hydrogen (secondary N) is 1. The first-order chi connectivity index (χ1) is 12.2. The smallest absolute Gasteiger partial charge is 0.255 e. The Balaban J connectivity index is 1.63. The zero-order valence-electron chi connectivity index (χ0n) is 14.2. The molecule has 2 aromatic heterocycles. The third kappa shape index (κ3) is 2.78. The van der Waals surface area contributed by atoms with Gasteiger partial charge in [0, 0.05) is 30.4 Å². The van der Waals surface area contributed by atoms with Crippen LogP contribution in [0.2, 0.25) is 0 Å². The van der Waals surface area contributed by atoms with Gasteiger partial charge in [0.15, 0.2) is 5.65 Å². The van der Waals surface area contributed by atoms with Crippen LogP contribution in [0.25, 0.3) is 11.0 Å². The number of carbonyl (C=O) groups excluding carboxylic acids is 1. The minimum atomic E-state index is 0.0281. The molecule has 1 aromatic carbocycles. The number of hydrogen-bond donors (Lipinski definition) is 2. The number of nitrogens with two attached hydrogens (primary N) is 1. The van der Waals surface area contributed by atoms with Gasteiger partial charge >= 0.3 is 0 Å². The second-order valence-corrected chi connectivity index (χ2v) is 6.55. The molecule has 1 aliphatic rings. The van der Waals surface area contributed by atoms with Crippen molar-refractivity contribution in [2.75, 3.05) is 6.54 Å². The van der Waals surface area contributed by atoms with Gasteiger partial charge in [-0.05, 0) is 37.0 Å². The SMILES string of the molecule is Cc1[nH]nc2ncc(C(=O)N3CCCC3c3ccc(CN)cc3)cc12. The highest BCUT2D eigenvalue weighted by atomic mass is 16.2. The van der Waals surface area contributed by atoms with Gasteiger partial charge in [0.2, 0.25) is 0 Å². The number of aromatic amines is 1. The molecule has 3 aromatic rings. The molecule has 1 saturated heterocycles. The monoisotopic (exact) mass is 335 g/mol. The van der Waals surface area contributed by atoms with Crippen molar-refractivity contribution in [2.45, 2.75) is 32.4 Å². The van der Waals surface area contributed by atoms with Crippen LogP contribution in [-0.2, 0) is 6.54 Å². The highest BCUT2D eigenvalue weighted by Crippen LogP contribution is 2.33. The van der Waals surface area contributed by atoms with Gasteiger partial charge in [-0.2, -0.15) is 5.10 Å². The fourth-order valence-corrected chi connectivity index (χ4v) is 3.53. The van der Waals surface area contributed by atoms with E-state index in [1.807, 2.05) is 30.0 Å². The van der Waals surface area contributed by atoms with Gasteiger partial charge in [-0.15, -0.1) is 0 Å². The number of rotatable bonds is 3. The number of nitrogens with zero attached hydrogens (tertiary/aromatic N) is 3. The predicted octanol–water partition coefficient (Wildman–Crippen LogP) is 2.70. The van der Waals surface area contributed by atoms with Gasteiger partial charge in [0.05, 0.1) is 11.6 Å². The van der Waals surface area contributed by atoms with E-state index in [1.165, 1.54) is 0 Å². The minimum Gasteiger partial charge on any atom is -0.332 e. The molecule has 1 unspecified atom stereocenters. The van der Waals surface area contributed by atoms with E-state index < -0.39 is 0 Å². The van der Waals surface area contributed by atoms with Gasteiger partial charge in [0.25, 0.3) is 5.91 Å². The lowest BCUT2D eigenvalue weighted by atomic mass is 10.0. The van der Waals surface area contributed by atoms with Crippen LogP contribution < -0.4 is 5.73 Å². The normalized spacial score (nSPS) is 17.4. The molecular weight excluding hydrogens is 314 g/mol. The molecule has 128 valence electrons. The largest absolute Gasteiger partial charge is 0.332 e. The van der Waals surface area contributed by atoms with Crippen LogP contribution in [0.4, 0.5) is 0 Å². The summed E-state index contributed by atoms with van der Waals surface area (Å²) < 4.78 is 0. The Labute approximate surface area is 146 Å². The summed E-state index contributed by atoms with van der Waals surface area (Å²) in [5.41, 5.74) is 10.1. The second-order valence-electron chi connectivity index (χ2n) is 6.55. The summed E-state index contributed by atoms with van der Waals surface area (Å²) in [6.45, 7) is 3.23. The molecule has 0 saturated carbocycles. The Kier molecular flexibility index (Phi) is 3.97. The van der Waals surface area contributed by atoms with E-state index in [1.54, 1.807) is 6.20 Å². The maximum Gasteiger partial charge on any atom is 0.255 e. The molecule has 25 heavy (non-hydrogen) atoms. The maximum absolute atomic E-state index is 13.1. The van der Waals surface area contributed by atoms with Gasteiger partial charge in [0.1, 0.15) is 0 Å². The van der Waals surface area contributed by atoms with Gasteiger partial charge in [-0.3, -0.25) is 9.89 Å². The van der Waals surface area contributed by atoms with Crippen molar-refractivity contribution < 1.29 is 4.79 Å². The molecule has 1 amide bonds. The number of H-pyrrole nitrogens is 1. The summed E-state index contributed by atoms with van der Waals surface area (Å²) in [6, 6.07) is 10.2. The third-order valence-corrected chi connectivity index (χ3v) is 4.96.